The number of aryl methyl sites for hydroxylation is 1. The molecule has 17 heavy (non-hydrogen) atoms. The minimum Gasteiger partial charge on any atom is -0.393 e. The van der Waals surface area contributed by atoms with Gasteiger partial charge in [-0.1, -0.05) is 13.8 Å². The molecule has 2 heterocycles. The van der Waals surface area contributed by atoms with E-state index >= 15 is 0 Å². The average molecular weight is 254 g/mol. The Balaban J connectivity index is 1.87. The summed E-state index contributed by atoms with van der Waals surface area (Å²) < 4.78 is 0. The number of aliphatic hydroxyl groups is 1. The van der Waals surface area contributed by atoms with Gasteiger partial charge in [-0.3, -0.25) is 4.90 Å². The number of piperidine rings is 1. The van der Waals surface area contributed by atoms with Crippen LogP contribution in [0.1, 0.15) is 37.4 Å². The van der Waals surface area contributed by atoms with Gasteiger partial charge in [0.1, 0.15) is 0 Å². The Labute approximate surface area is 107 Å². The maximum Gasteiger partial charge on any atom is 0.0928 e. The molecule has 2 atom stereocenters. The molecule has 0 aliphatic carbocycles. The minimum atomic E-state index is -0.114. The third-order valence-electron chi connectivity index (χ3n) is 3.39. The molecule has 0 bridgehead atoms. The molecule has 0 spiro atoms. The van der Waals surface area contributed by atoms with Gasteiger partial charge in [-0.05, 0) is 25.2 Å². The van der Waals surface area contributed by atoms with Crippen molar-refractivity contribution < 1.29 is 5.11 Å². The zero-order valence-electron chi connectivity index (χ0n) is 10.7. The van der Waals surface area contributed by atoms with Crippen LogP contribution in [0.25, 0.3) is 0 Å². The van der Waals surface area contributed by atoms with Crippen LogP contribution in [0, 0.1) is 5.92 Å². The summed E-state index contributed by atoms with van der Waals surface area (Å²) in [6, 6.07) is 0. The highest BCUT2D eigenvalue weighted by atomic mass is 32.1. The molecule has 0 radical (unpaired) electrons. The van der Waals surface area contributed by atoms with E-state index in [9.17, 15) is 5.11 Å². The van der Waals surface area contributed by atoms with Gasteiger partial charge in [0, 0.05) is 25.0 Å². The van der Waals surface area contributed by atoms with Gasteiger partial charge in [0.15, 0.2) is 0 Å². The summed E-state index contributed by atoms with van der Waals surface area (Å²) in [4.78, 5) is 7.06. The largest absolute Gasteiger partial charge is 0.393 e. The minimum absolute atomic E-state index is 0.114. The van der Waals surface area contributed by atoms with Crippen molar-refractivity contribution in [3.8, 4) is 0 Å². The Kier molecular flexibility index (Phi) is 4.54. The number of hydrogen-bond acceptors (Lipinski definition) is 4. The number of nitrogens with zero attached hydrogens (tertiary/aromatic N) is 2. The number of aromatic nitrogens is 1. The fourth-order valence-electron chi connectivity index (χ4n) is 2.34. The van der Waals surface area contributed by atoms with Crippen LogP contribution in [0.5, 0.6) is 0 Å². The second kappa shape index (κ2) is 5.94. The molecule has 1 aliphatic rings. The highest BCUT2D eigenvalue weighted by Crippen LogP contribution is 2.19. The normalized spacial score (nSPS) is 26.3. The zero-order chi connectivity index (χ0) is 12.3. The van der Waals surface area contributed by atoms with Gasteiger partial charge in [0.2, 0.25) is 0 Å². The Morgan fingerprint density at radius 1 is 1.59 bits per heavy atom. The summed E-state index contributed by atoms with van der Waals surface area (Å²) >= 11 is 1.78. The van der Waals surface area contributed by atoms with E-state index < -0.39 is 0 Å². The molecule has 0 amide bonds. The summed E-state index contributed by atoms with van der Waals surface area (Å²) in [5.41, 5.74) is 1.20. The van der Waals surface area contributed by atoms with Gasteiger partial charge < -0.3 is 5.11 Å². The maximum absolute atomic E-state index is 9.70. The molecule has 1 saturated heterocycles. The molecule has 2 unspecified atom stereocenters. The van der Waals surface area contributed by atoms with Gasteiger partial charge in [-0.15, -0.1) is 11.3 Å². The van der Waals surface area contributed by atoms with Gasteiger partial charge in [-0.25, -0.2) is 4.98 Å². The molecule has 1 fully saturated rings. The summed E-state index contributed by atoms with van der Waals surface area (Å²) in [5.74, 6) is 0.387. The lowest BCUT2D eigenvalue weighted by molar-refractivity contribution is 0.0316. The number of thiazole rings is 1. The van der Waals surface area contributed by atoms with Crippen LogP contribution in [0.3, 0.4) is 0 Å². The lowest BCUT2D eigenvalue weighted by Gasteiger charge is -2.33. The van der Waals surface area contributed by atoms with Crippen LogP contribution < -0.4 is 0 Å². The Hall–Kier alpha value is -0.450. The standard InChI is InChI=1S/C13H22N2OS/c1-3-4-13-14-11(9-17-13)8-15-6-5-12(16)10(2)7-15/h9-10,12,16H,3-8H2,1-2H3. The predicted octanol–water partition coefficient (Wildman–Crippen LogP) is 2.30. The third-order valence-corrected chi connectivity index (χ3v) is 4.35. The second-order valence-corrected chi connectivity index (χ2v) is 5.99. The van der Waals surface area contributed by atoms with Crippen molar-refractivity contribution in [2.75, 3.05) is 13.1 Å². The van der Waals surface area contributed by atoms with Crippen LogP contribution >= 0.6 is 11.3 Å². The van der Waals surface area contributed by atoms with Crippen LogP contribution in [-0.4, -0.2) is 34.2 Å². The van der Waals surface area contributed by atoms with Gasteiger partial charge in [0.05, 0.1) is 16.8 Å². The fourth-order valence-corrected chi connectivity index (χ4v) is 3.23. The van der Waals surface area contributed by atoms with E-state index in [4.69, 9.17) is 0 Å². The molecule has 3 nitrogen and oxygen atoms in total. The fraction of sp³-hybridized carbons (Fsp3) is 0.769. The first-order valence-electron chi connectivity index (χ1n) is 6.52. The summed E-state index contributed by atoms with van der Waals surface area (Å²) in [5, 5.41) is 13.1. The second-order valence-electron chi connectivity index (χ2n) is 5.05. The van der Waals surface area contributed by atoms with Crippen molar-refractivity contribution in [2.45, 2.75) is 45.8 Å². The van der Waals surface area contributed by atoms with Crippen LogP contribution in [-0.2, 0) is 13.0 Å². The summed E-state index contributed by atoms with van der Waals surface area (Å²) in [6.45, 7) is 7.24. The SMILES string of the molecule is CCCc1nc(CN2CCC(O)C(C)C2)cs1. The van der Waals surface area contributed by atoms with Crippen molar-refractivity contribution in [1.82, 2.24) is 9.88 Å². The molecule has 2 rings (SSSR count). The molecule has 0 saturated carbocycles. The highest BCUT2D eigenvalue weighted by Gasteiger charge is 2.24. The van der Waals surface area contributed by atoms with Crippen LogP contribution in [0.15, 0.2) is 5.38 Å². The quantitative estimate of drug-likeness (QED) is 0.895. The van der Waals surface area contributed by atoms with Crippen molar-refractivity contribution >= 4 is 11.3 Å². The Bertz CT molecular complexity index is 353. The molecule has 1 aliphatic heterocycles. The first-order chi connectivity index (χ1) is 8.19. The van der Waals surface area contributed by atoms with Crippen molar-refractivity contribution in [2.24, 2.45) is 5.92 Å². The van der Waals surface area contributed by atoms with Crippen LogP contribution in [0.2, 0.25) is 0 Å². The van der Waals surface area contributed by atoms with E-state index in [-0.39, 0.29) is 6.10 Å². The van der Waals surface area contributed by atoms with Gasteiger partial charge >= 0.3 is 0 Å². The number of rotatable bonds is 4. The van der Waals surface area contributed by atoms with Gasteiger partial charge in [-0.2, -0.15) is 0 Å². The molecule has 96 valence electrons. The predicted molar refractivity (Wildman–Crippen MR) is 71.2 cm³/mol. The Morgan fingerprint density at radius 2 is 2.41 bits per heavy atom. The number of hydrogen-bond donors (Lipinski definition) is 1. The average Bonchev–Trinajstić information content (AvgIpc) is 2.72. The van der Waals surface area contributed by atoms with E-state index in [1.54, 1.807) is 11.3 Å². The lowest BCUT2D eigenvalue weighted by Crippen LogP contribution is -2.41. The topological polar surface area (TPSA) is 36.4 Å². The zero-order valence-corrected chi connectivity index (χ0v) is 11.5. The highest BCUT2D eigenvalue weighted by molar-refractivity contribution is 7.09. The van der Waals surface area contributed by atoms with Crippen molar-refractivity contribution in [1.29, 1.82) is 0 Å². The number of aliphatic hydroxyl groups excluding tert-OH is 1. The molecular weight excluding hydrogens is 232 g/mol. The monoisotopic (exact) mass is 254 g/mol. The van der Waals surface area contributed by atoms with Crippen molar-refractivity contribution in [3.63, 3.8) is 0 Å². The molecular formula is C13H22N2OS. The van der Waals surface area contributed by atoms with E-state index in [2.05, 4.69) is 29.1 Å². The first-order valence-corrected chi connectivity index (χ1v) is 7.40. The van der Waals surface area contributed by atoms with E-state index in [1.165, 1.54) is 17.1 Å². The molecule has 1 N–H and O–H groups in total. The Morgan fingerprint density at radius 3 is 3.12 bits per heavy atom. The molecule has 1 aromatic heterocycles. The maximum atomic E-state index is 9.70. The summed E-state index contributed by atoms with van der Waals surface area (Å²) in [7, 11) is 0. The third kappa shape index (κ3) is 3.50. The van der Waals surface area contributed by atoms with E-state index in [0.29, 0.717) is 5.92 Å². The first kappa shape index (κ1) is 13.0. The molecule has 4 heteroatoms. The number of likely N-dealkylation sites (tertiary alicyclic amines) is 1. The van der Waals surface area contributed by atoms with E-state index in [1.807, 2.05) is 0 Å². The van der Waals surface area contributed by atoms with Crippen LogP contribution in [0.4, 0.5) is 0 Å². The lowest BCUT2D eigenvalue weighted by atomic mass is 9.97. The smallest absolute Gasteiger partial charge is 0.0928 e. The van der Waals surface area contributed by atoms with Crippen molar-refractivity contribution in [3.05, 3.63) is 16.1 Å². The molecule has 1 aromatic rings. The van der Waals surface area contributed by atoms with E-state index in [0.717, 1.165) is 32.5 Å². The molecule has 0 aromatic carbocycles. The van der Waals surface area contributed by atoms with Gasteiger partial charge in [0.25, 0.3) is 0 Å². The summed E-state index contributed by atoms with van der Waals surface area (Å²) in [6.07, 6.45) is 3.05.